The van der Waals surface area contributed by atoms with Crippen LogP contribution in [0.15, 0.2) is 12.1 Å². The molecule has 0 atom stereocenters. The minimum Gasteiger partial charge on any atom is -0.494 e. The standard InChI is InChI=1S/C30H44N6O4/c1-9-21(10-2)40-28-22(11-3)19(4)27-32-35(29(31)36(27)33-28)18-25(37)20-16-23(30(5,6)7)26(38-8)24(17-20)34-12-14-39-15-13-34/h16-17,21,31H,9-15,18H2,1-8H3/p+1. The van der Waals surface area contributed by atoms with Crippen molar-refractivity contribution in [1.82, 2.24) is 14.7 Å². The Hall–Kier alpha value is -3.40. The maximum absolute atomic E-state index is 13.8. The van der Waals surface area contributed by atoms with Crippen LogP contribution < -0.4 is 24.8 Å². The molecule has 0 saturated carbocycles. The van der Waals surface area contributed by atoms with Crippen molar-refractivity contribution in [2.45, 2.75) is 85.8 Å². The molecule has 1 aliphatic rings. The Morgan fingerprint density at radius 2 is 1.85 bits per heavy atom. The fourth-order valence-electron chi connectivity index (χ4n) is 5.26. The van der Waals surface area contributed by atoms with Gasteiger partial charge in [-0.15, -0.1) is 4.68 Å². The van der Waals surface area contributed by atoms with Crippen LogP contribution in [0.1, 0.15) is 81.4 Å². The first-order valence-corrected chi connectivity index (χ1v) is 14.4. The molecule has 2 N–H and O–H groups in total. The van der Waals surface area contributed by atoms with E-state index in [0.29, 0.717) is 30.3 Å². The summed E-state index contributed by atoms with van der Waals surface area (Å²) in [5.41, 5.74) is 11.3. The van der Waals surface area contributed by atoms with Crippen molar-refractivity contribution in [3.05, 3.63) is 34.4 Å². The first-order valence-electron chi connectivity index (χ1n) is 14.4. The number of hydrogen-bond donors (Lipinski definition) is 1. The van der Waals surface area contributed by atoms with Crippen LogP contribution in [-0.2, 0) is 23.1 Å². The van der Waals surface area contributed by atoms with E-state index in [2.05, 4.69) is 46.4 Å². The van der Waals surface area contributed by atoms with Crippen LogP contribution in [-0.4, -0.2) is 60.0 Å². The summed E-state index contributed by atoms with van der Waals surface area (Å²) < 4.78 is 20.9. The number of fused-ring (bicyclic) bond motifs is 1. The van der Waals surface area contributed by atoms with Gasteiger partial charge >= 0.3 is 5.95 Å². The molecule has 2 aromatic heterocycles. The molecular formula is C30H45N6O4+. The van der Waals surface area contributed by atoms with Gasteiger partial charge in [0.2, 0.25) is 0 Å². The largest absolute Gasteiger partial charge is 0.494 e. The fraction of sp³-hybridized carbons (Fsp3) is 0.600. The zero-order valence-electron chi connectivity index (χ0n) is 25.3. The van der Waals surface area contributed by atoms with Crippen molar-refractivity contribution >= 4 is 23.1 Å². The van der Waals surface area contributed by atoms with Gasteiger partial charge in [0.25, 0.3) is 11.5 Å². The molecule has 1 fully saturated rings. The van der Waals surface area contributed by atoms with Crippen LogP contribution in [0.4, 0.5) is 11.6 Å². The third-order valence-electron chi connectivity index (χ3n) is 7.73. The van der Waals surface area contributed by atoms with Crippen LogP contribution in [0.2, 0.25) is 0 Å². The second kappa shape index (κ2) is 12.0. The summed E-state index contributed by atoms with van der Waals surface area (Å²) in [6, 6.07) is 3.87. The van der Waals surface area contributed by atoms with E-state index in [1.165, 1.54) is 4.68 Å². The average molecular weight is 554 g/mol. The van der Waals surface area contributed by atoms with Gasteiger partial charge in [-0.2, -0.15) is 0 Å². The highest BCUT2D eigenvalue weighted by Crippen LogP contribution is 2.40. The number of hydrogen-bond acceptors (Lipinski definition) is 8. The Balaban J connectivity index is 1.75. The number of rotatable bonds is 10. The Kier molecular flexibility index (Phi) is 8.87. The fourth-order valence-corrected chi connectivity index (χ4v) is 5.26. The van der Waals surface area contributed by atoms with Crippen molar-refractivity contribution in [1.29, 1.82) is 0 Å². The molecule has 0 radical (unpaired) electrons. The molecule has 218 valence electrons. The molecule has 0 bridgehead atoms. The van der Waals surface area contributed by atoms with Gasteiger partial charge in [-0.3, -0.25) is 10.5 Å². The summed E-state index contributed by atoms with van der Waals surface area (Å²) in [5.74, 6) is 1.55. The highest BCUT2D eigenvalue weighted by molar-refractivity contribution is 5.97. The topological polar surface area (TPSA) is 108 Å². The van der Waals surface area contributed by atoms with E-state index >= 15 is 0 Å². The average Bonchev–Trinajstić information content (AvgIpc) is 3.25. The van der Waals surface area contributed by atoms with Crippen molar-refractivity contribution in [2.75, 3.05) is 44.0 Å². The lowest BCUT2D eigenvalue weighted by atomic mass is 9.84. The predicted molar refractivity (Wildman–Crippen MR) is 156 cm³/mol. The van der Waals surface area contributed by atoms with Gasteiger partial charge in [-0.25, -0.2) is 0 Å². The zero-order valence-corrected chi connectivity index (χ0v) is 25.3. The molecule has 0 spiro atoms. The van der Waals surface area contributed by atoms with Gasteiger partial charge in [0, 0.05) is 35.3 Å². The van der Waals surface area contributed by atoms with Crippen LogP contribution >= 0.6 is 0 Å². The number of carbonyl (C=O) groups excluding carboxylic acids is 1. The molecular weight excluding hydrogens is 508 g/mol. The van der Waals surface area contributed by atoms with Gasteiger partial charge in [0.15, 0.2) is 12.3 Å². The first kappa shape index (κ1) is 29.6. The molecule has 40 heavy (non-hydrogen) atoms. The molecule has 0 aliphatic carbocycles. The summed E-state index contributed by atoms with van der Waals surface area (Å²) in [7, 11) is 1.68. The van der Waals surface area contributed by atoms with Crippen molar-refractivity contribution in [2.24, 2.45) is 0 Å². The van der Waals surface area contributed by atoms with Gasteiger partial charge in [0.05, 0.1) is 26.0 Å². The molecule has 1 aromatic carbocycles. The second-order valence-electron chi connectivity index (χ2n) is 11.4. The normalized spacial score (nSPS) is 14.3. The van der Waals surface area contributed by atoms with Crippen molar-refractivity contribution < 1.29 is 23.7 Å². The molecule has 0 amide bonds. The third-order valence-corrected chi connectivity index (χ3v) is 7.73. The van der Waals surface area contributed by atoms with Crippen LogP contribution in [0, 0.1) is 6.92 Å². The monoisotopic (exact) mass is 553 g/mol. The van der Waals surface area contributed by atoms with Gasteiger partial charge in [-0.1, -0.05) is 56.3 Å². The molecule has 1 saturated heterocycles. The second-order valence-corrected chi connectivity index (χ2v) is 11.4. The van der Waals surface area contributed by atoms with E-state index in [9.17, 15) is 4.79 Å². The highest BCUT2D eigenvalue weighted by Gasteiger charge is 2.30. The van der Waals surface area contributed by atoms with E-state index in [0.717, 1.165) is 60.5 Å². The number of nitrogens with two attached hydrogens (primary N) is 1. The van der Waals surface area contributed by atoms with Crippen LogP contribution in [0.25, 0.3) is 5.65 Å². The van der Waals surface area contributed by atoms with Gasteiger partial charge in [-0.05, 0) is 43.7 Å². The van der Waals surface area contributed by atoms with Crippen LogP contribution in [0.3, 0.4) is 0 Å². The van der Waals surface area contributed by atoms with E-state index in [1.54, 1.807) is 11.6 Å². The van der Waals surface area contributed by atoms with Gasteiger partial charge < -0.3 is 19.1 Å². The number of aryl methyl sites for hydroxylation is 1. The van der Waals surface area contributed by atoms with Gasteiger partial charge in [0.1, 0.15) is 11.9 Å². The lowest BCUT2D eigenvalue weighted by Crippen LogP contribution is -2.42. The van der Waals surface area contributed by atoms with Crippen molar-refractivity contribution in [3.63, 3.8) is 0 Å². The Labute approximate surface area is 237 Å². The van der Waals surface area contributed by atoms with E-state index in [-0.39, 0.29) is 29.8 Å². The molecule has 10 nitrogen and oxygen atoms in total. The number of anilines is 2. The number of carbonyl (C=O) groups is 1. The number of methoxy groups -OCH3 is 1. The summed E-state index contributed by atoms with van der Waals surface area (Å²) in [5, 5.41) is 9.45. The number of morpholine rings is 1. The zero-order chi connectivity index (χ0) is 29.2. The number of nitrogens with zero attached hydrogens (tertiary/aromatic N) is 5. The van der Waals surface area contributed by atoms with E-state index < -0.39 is 0 Å². The molecule has 0 unspecified atom stereocenters. The van der Waals surface area contributed by atoms with Crippen LogP contribution in [0.5, 0.6) is 11.6 Å². The van der Waals surface area contributed by atoms with Crippen molar-refractivity contribution in [3.8, 4) is 11.6 Å². The molecule has 1 aliphatic heterocycles. The molecule has 10 heteroatoms. The predicted octanol–water partition coefficient (Wildman–Crippen LogP) is 4.06. The number of nitrogen functional groups attached to an aromatic ring is 1. The Morgan fingerprint density at radius 3 is 2.42 bits per heavy atom. The third kappa shape index (κ3) is 5.73. The summed E-state index contributed by atoms with van der Waals surface area (Å²) in [4.78, 5) is 16.0. The lowest BCUT2D eigenvalue weighted by molar-refractivity contribution is -0.723. The number of benzene rings is 1. The maximum Gasteiger partial charge on any atom is 0.401 e. The number of ether oxygens (including phenoxy) is 3. The molecule has 4 rings (SSSR count). The SMILES string of the molecule is CCc1c(OC(CC)CC)nn2c(N)[n+](CC(=O)c3cc(N4CCOCC4)c(OC)c(C(C)(C)C)c3)nc2c1C. The Morgan fingerprint density at radius 1 is 1.18 bits per heavy atom. The summed E-state index contributed by atoms with van der Waals surface area (Å²) in [6.07, 6.45) is 2.59. The minimum atomic E-state index is -0.235. The van der Waals surface area contributed by atoms with E-state index in [4.69, 9.17) is 30.1 Å². The summed E-state index contributed by atoms with van der Waals surface area (Å²) in [6.45, 7) is 17.4. The minimum absolute atomic E-state index is 0.0166. The van der Waals surface area contributed by atoms with E-state index in [1.807, 2.05) is 19.1 Å². The smallest absolute Gasteiger partial charge is 0.401 e. The first-order chi connectivity index (χ1) is 19.0. The highest BCUT2D eigenvalue weighted by atomic mass is 16.5. The number of ketones is 1. The molecule has 3 heterocycles. The maximum atomic E-state index is 13.8. The quantitative estimate of drug-likeness (QED) is 0.296. The summed E-state index contributed by atoms with van der Waals surface area (Å²) >= 11 is 0. The number of aromatic nitrogens is 4. The lowest BCUT2D eigenvalue weighted by Gasteiger charge is -2.33. The Bertz CT molecular complexity index is 1370. The number of Topliss-reactive ketones (excluding diaryl/α,β-unsaturated/α-hetero) is 1. The molecule has 3 aromatic rings.